The highest BCUT2D eigenvalue weighted by atomic mass is 16.5. The Morgan fingerprint density at radius 2 is 1.67 bits per heavy atom. The largest absolute Gasteiger partial charge is 0.497 e. The standard InChI is InChI=1S/C14H19O/c1-11-3-5-12(6-4-11)13-7-9-14(15-2)10-8-13/h7-12H,1,3-6H2,2H3/t11-,12-. The average Bonchev–Trinajstić information content (AvgIpc) is 2.30. The van der Waals surface area contributed by atoms with Crippen molar-refractivity contribution in [1.29, 1.82) is 0 Å². The lowest BCUT2D eigenvalue weighted by molar-refractivity contribution is 0.373. The summed E-state index contributed by atoms with van der Waals surface area (Å²) in [6, 6.07) is 8.52. The van der Waals surface area contributed by atoms with E-state index in [9.17, 15) is 0 Å². The number of hydrogen-bond acceptors (Lipinski definition) is 1. The minimum absolute atomic E-state index is 0.680. The van der Waals surface area contributed by atoms with Crippen LogP contribution in [0.5, 0.6) is 5.75 Å². The van der Waals surface area contributed by atoms with Crippen molar-refractivity contribution in [3.63, 3.8) is 0 Å². The van der Waals surface area contributed by atoms with Crippen LogP contribution in [0.4, 0.5) is 0 Å². The Hall–Kier alpha value is -0.980. The fourth-order valence-corrected chi connectivity index (χ4v) is 2.37. The van der Waals surface area contributed by atoms with Crippen molar-refractivity contribution in [2.45, 2.75) is 31.6 Å². The molecule has 0 heterocycles. The molecule has 0 N–H and O–H groups in total. The third kappa shape index (κ3) is 2.53. The monoisotopic (exact) mass is 203 g/mol. The molecule has 0 spiro atoms. The van der Waals surface area contributed by atoms with E-state index in [1.54, 1.807) is 7.11 Å². The maximum absolute atomic E-state index is 5.16. The molecule has 2 rings (SSSR count). The van der Waals surface area contributed by atoms with Crippen molar-refractivity contribution in [3.05, 3.63) is 36.8 Å². The van der Waals surface area contributed by atoms with Crippen molar-refractivity contribution in [2.24, 2.45) is 5.92 Å². The second kappa shape index (κ2) is 4.69. The predicted molar refractivity (Wildman–Crippen MR) is 63.1 cm³/mol. The van der Waals surface area contributed by atoms with Crippen molar-refractivity contribution in [3.8, 4) is 5.75 Å². The van der Waals surface area contributed by atoms with Gasteiger partial charge in [0.1, 0.15) is 5.75 Å². The summed E-state index contributed by atoms with van der Waals surface area (Å²) in [6.07, 6.45) is 5.13. The van der Waals surface area contributed by atoms with Gasteiger partial charge in [0, 0.05) is 0 Å². The quantitative estimate of drug-likeness (QED) is 0.710. The first-order chi connectivity index (χ1) is 7.29. The summed E-state index contributed by atoms with van der Waals surface area (Å²) in [6.45, 7) is 4.13. The Morgan fingerprint density at radius 3 is 2.20 bits per heavy atom. The van der Waals surface area contributed by atoms with Gasteiger partial charge in [-0.2, -0.15) is 0 Å². The maximum atomic E-state index is 5.16. The molecule has 1 radical (unpaired) electrons. The fraction of sp³-hybridized carbons (Fsp3) is 0.500. The molecule has 1 heteroatoms. The van der Waals surface area contributed by atoms with Gasteiger partial charge in [-0.15, -0.1) is 0 Å². The third-order valence-electron chi connectivity index (χ3n) is 3.43. The minimum atomic E-state index is 0.680. The number of benzene rings is 1. The summed E-state index contributed by atoms with van der Waals surface area (Å²) >= 11 is 0. The van der Waals surface area contributed by atoms with Crippen LogP contribution in [0, 0.1) is 12.8 Å². The molecule has 1 aliphatic rings. The fourth-order valence-electron chi connectivity index (χ4n) is 2.37. The summed E-state index contributed by atoms with van der Waals surface area (Å²) in [5.41, 5.74) is 1.46. The predicted octanol–water partition coefficient (Wildman–Crippen LogP) is 3.80. The lowest BCUT2D eigenvalue weighted by atomic mass is 9.79. The normalized spacial score (nSPS) is 26.3. The molecule has 0 saturated heterocycles. The first-order valence-electron chi connectivity index (χ1n) is 5.76. The second-order valence-electron chi connectivity index (χ2n) is 4.49. The molecule has 1 saturated carbocycles. The lowest BCUT2D eigenvalue weighted by Crippen LogP contribution is -2.10. The van der Waals surface area contributed by atoms with Gasteiger partial charge in [0.25, 0.3) is 0 Å². The van der Waals surface area contributed by atoms with Crippen LogP contribution in [0.1, 0.15) is 37.2 Å². The average molecular weight is 203 g/mol. The van der Waals surface area contributed by atoms with Crippen LogP contribution in [-0.4, -0.2) is 7.11 Å². The second-order valence-corrected chi connectivity index (χ2v) is 4.49. The van der Waals surface area contributed by atoms with Crippen LogP contribution in [0.15, 0.2) is 24.3 Å². The summed E-state index contributed by atoms with van der Waals surface area (Å²) in [4.78, 5) is 0. The Balaban J connectivity index is 2.03. The molecule has 0 atom stereocenters. The molecule has 0 aromatic heterocycles. The van der Waals surface area contributed by atoms with Crippen molar-refractivity contribution >= 4 is 0 Å². The van der Waals surface area contributed by atoms with Gasteiger partial charge < -0.3 is 4.74 Å². The van der Waals surface area contributed by atoms with Gasteiger partial charge in [0.2, 0.25) is 0 Å². The van der Waals surface area contributed by atoms with Crippen molar-refractivity contribution in [1.82, 2.24) is 0 Å². The van der Waals surface area contributed by atoms with Gasteiger partial charge in [-0.1, -0.05) is 19.1 Å². The van der Waals surface area contributed by atoms with Gasteiger partial charge in [0.05, 0.1) is 7.11 Å². The molecule has 1 aliphatic carbocycles. The van der Waals surface area contributed by atoms with Crippen LogP contribution in [0.25, 0.3) is 0 Å². The summed E-state index contributed by atoms with van der Waals surface area (Å²) in [5.74, 6) is 2.37. The molecule has 1 nitrogen and oxygen atoms in total. The number of methoxy groups -OCH3 is 1. The first kappa shape index (κ1) is 10.5. The molecular weight excluding hydrogens is 184 g/mol. The lowest BCUT2D eigenvalue weighted by Gasteiger charge is -2.26. The third-order valence-corrected chi connectivity index (χ3v) is 3.43. The molecular formula is C14H19O. The number of hydrogen-bond donors (Lipinski definition) is 0. The van der Waals surface area contributed by atoms with E-state index in [0.717, 1.165) is 11.7 Å². The van der Waals surface area contributed by atoms with E-state index >= 15 is 0 Å². The Kier molecular flexibility index (Phi) is 3.30. The Bertz CT molecular complexity index is 294. The number of rotatable bonds is 2. The van der Waals surface area contributed by atoms with E-state index in [-0.39, 0.29) is 0 Å². The molecule has 1 aromatic rings. The summed E-state index contributed by atoms with van der Waals surface area (Å²) < 4.78 is 5.16. The Morgan fingerprint density at radius 1 is 1.07 bits per heavy atom. The van der Waals surface area contributed by atoms with Crippen LogP contribution < -0.4 is 4.74 Å². The van der Waals surface area contributed by atoms with E-state index in [1.165, 1.54) is 31.2 Å². The highest BCUT2D eigenvalue weighted by molar-refractivity contribution is 5.29. The van der Waals surface area contributed by atoms with E-state index in [0.29, 0.717) is 5.92 Å². The number of ether oxygens (including phenoxy) is 1. The zero-order valence-electron chi connectivity index (χ0n) is 9.41. The van der Waals surface area contributed by atoms with E-state index in [4.69, 9.17) is 4.74 Å². The van der Waals surface area contributed by atoms with Crippen molar-refractivity contribution < 1.29 is 4.74 Å². The van der Waals surface area contributed by atoms with E-state index in [1.807, 2.05) is 0 Å². The molecule has 0 amide bonds. The van der Waals surface area contributed by atoms with E-state index in [2.05, 4.69) is 31.2 Å². The molecule has 1 fully saturated rings. The topological polar surface area (TPSA) is 9.23 Å². The molecule has 0 aliphatic heterocycles. The smallest absolute Gasteiger partial charge is 0.118 e. The highest BCUT2D eigenvalue weighted by Crippen LogP contribution is 2.35. The molecule has 15 heavy (non-hydrogen) atoms. The van der Waals surface area contributed by atoms with E-state index < -0.39 is 0 Å². The maximum Gasteiger partial charge on any atom is 0.118 e. The highest BCUT2D eigenvalue weighted by Gasteiger charge is 2.19. The van der Waals surface area contributed by atoms with Gasteiger partial charge >= 0.3 is 0 Å². The van der Waals surface area contributed by atoms with Crippen LogP contribution in [-0.2, 0) is 0 Å². The summed E-state index contributed by atoms with van der Waals surface area (Å²) in [5, 5.41) is 0. The molecule has 81 valence electrons. The SMILES string of the molecule is [CH2][C@H]1CC[C@H](c2ccc(OC)cc2)CC1. The van der Waals surface area contributed by atoms with Crippen LogP contribution in [0.3, 0.4) is 0 Å². The molecule has 0 bridgehead atoms. The van der Waals surface area contributed by atoms with Gasteiger partial charge in [-0.25, -0.2) is 0 Å². The Labute approximate surface area is 92.5 Å². The van der Waals surface area contributed by atoms with Gasteiger partial charge in [-0.3, -0.25) is 0 Å². The van der Waals surface area contributed by atoms with Gasteiger partial charge in [-0.05, 0) is 55.2 Å². The van der Waals surface area contributed by atoms with Crippen LogP contribution >= 0.6 is 0 Å². The molecule has 0 unspecified atom stereocenters. The summed E-state index contributed by atoms with van der Waals surface area (Å²) in [7, 11) is 1.71. The zero-order valence-corrected chi connectivity index (χ0v) is 9.41. The van der Waals surface area contributed by atoms with Gasteiger partial charge in [0.15, 0.2) is 0 Å². The minimum Gasteiger partial charge on any atom is -0.497 e. The zero-order chi connectivity index (χ0) is 10.7. The first-order valence-corrected chi connectivity index (χ1v) is 5.76. The van der Waals surface area contributed by atoms with Crippen molar-refractivity contribution in [2.75, 3.05) is 7.11 Å². The van der Waals surface area contributed by atoms with Crippen LogP contribution in [0.2, 0.25) is 0 Å². The molecule has 1 aromatic carbocycles.